The lowest BCUT2D eigenvalue weighted by atomic mass is 10.1. The average Bonchev–Trinajstić information content (AvgIpc) is 2.56. The number of ether oxygens (including phenoxy) is 2. The molecular weight excluding hydrogens is 282 g/mol. The second-order valence-corrected chi connectivity index (χ2v) is 5.23. The lowest BCUT2D eigenvalue weighted by molar-refractivity contribution is -0.145. The van der Waals surface area contributed by atoms with Crippen molar-refractivity contribution in [3.63, 3.8) is 0 Å². The Kier molecular flexibility index (Phi) is 7.43. The molecule has 0 aliphatic carbocycles. The first-order chi connectivity index (χ1) is 10.5. The van der Waals surface area contributed by atoms with E-state index in [9.17, 15) is 9.59 Å². The molecule has 1 aromatic rings. The largest absolute Gasteiger partial charge is 0.496 e. The summed E-state index contributed by atoms with van der Waals surface area (Å²) in [6, 6.07) is 7.12. The van der Waals surface area contributed by atoms with Crippen LogP contribution in [0.1, 0.15) is 37.0 Å². The quantitative estimate of drug-likeness (QED) is 0.693. The van der Waals surface area contributed by atoms with Gasteiger partial charge in [0.1, 0.15) is 5.75 Å². The van der Waals surface area contributed by atoms with Crippen LogP contribution in [0.2, 0.25) is 0 Å². The summed E-state index contributed by atoms with van der Waals surface area (Å²) in [6.45, 7) is 4.77. The monoisotopic (exact) mass is 307 g/mol. The molecule has 0 saturated heterocycles. The highest BCUT2D eigenvalue weighted by atomic mass is 16.5. The summed E-state index contributed by atoms with van der Waals surface area (Å²) in [7, 11) is 2.90. The Balaban J connectivity index is 2.95. The van der Waals surface area contributed by atoms with Gasteiger partial charge in [-0.15, -0.1) is 0 Å². The molecule has 22 heavy (non-hydrogen) atoms. The van der Waals surface area contributed by atoms with Gasteiger partial charge in [0, 0.05) is 13.1 Å². The normalized spacial score (nSPS) is 11.6. The van der Waals surface area contributed by atoms with Crippen LogP contribution in [0.5, 0.6) is 5.75 Å². The number of rotatable bonds is 8. The van der Waals surface area contributed by atoms with Gasteiger partial charge in [-0.3, -0.25) is 9.59 Å². The maximum atomic E-state index is 12.8. The maximum absolute atomic E-state index is 12.8. The lowest BCUT2D eigenvalue weighted by Crippen LogP contribution is -2.38. The SMILES string of the molecule is CCCCN(CC(C)C(=O)OC)C(=O)c1ccccc1OC. The number of nitrogens with zero attached hydrogens (tertiary/aromatic N) is 1. The fourth-order valence-corrected chi connectivity index (χ4v) is 2.22. The molecule has 1 unspecified atom stereocenters. The number of unbranched alkanes of at least 4 members (excludes halogenated alkanes) is 1. The van der Waals surface area contributed by atoms with Crippen LogP contribution in [0.3, 0.4) is 0 Å². The van der Waals surface area contributed by atoms with Crippen molar-refractivity contribution >= 4 is 11.9 Å². The molecule has 1 atom stereocenters. The van der Waals surface area contributed by atoms with Gasteiger partial charge >= 0.3 is 5.97 Å². The van der Waals surface area contributed by atoms with Gasteiger partial charge in [-0.25, -0.2) is 0 Å². The lowest BCUT2D eigenvalue weighted by Gasteiger charge is -2.25. The Bertz CT molecular complexity index is 501. The topological polar surface area (TPSA) is 55.8 Å². The van der Waals surface area contributed by atoms with Gasteiger partial charge in [-0.2, -0.15) is 0 Å². The van der Waals surface area contributed by atoms with Crippen molar-refractivity contribution in [1.82, 2.24) is 4.90 Å². The number of carbonyl (C=O) groups is 2. The molecular formula is C17H25NO4. The first-order valence-corrected chi connectivity index (χ1v) is 7.55. The predicted molar refractivity (Wildman–Crippen MR) is 85.0 cm³/mol. The van der Waals surface area contributed by atoms with E-state index in [0.29, 0.717) is 24.4 Å². The van der Waals surface area contributed by atoms with Gasteiger partial charge in [0.25, 0.3) is 5.91 Å². The van der Waals surface area contributed by atoms with Crippen molar-refractivity contribution in [2.75, 3.05) is 27.3 Å². The van der Waals surface area contributed by atoms with Crippen molar-refractivity contribution in [3.05, 3.63) is 29.8 Å². The van der Waals surface area contributed by atoms with E-state index in [4.69, 9.17) is 9.47 Å². The molecule has 0 N–H and O–H groups in total. The summed E-state index contributed by atoms with van der Waals surface area (Å²) >= 11 is 0. The minimum Gasteiger partial charge on any atom is -0.496 e. The van der Waals surface area contributed by atoms with E-state index in [1.807, 2.05) is 6.07 Å². The highest BCUT2D eigenvalue weighted by Gasteiger charge is 2.23. The van der Waals surface area contributed by atoms with Crippen molar-refractivity contribution < 1.29 is 19.1 Å². The number of benzene rings is 1. The summed E-state index contributed by atoms with van der Waals surface area (Å²) < 4.78 is 10.0. The minimum absolute atomic E-state index is 0.123. The Hall–Kier alpha value is -2.04. The highest BCUT2D eigenvalue weighted by molar-refractivity contribution is 5.97. The standard InChI is InChI=1S/C17H25NO4/c1-5-6-11-18(12-13(2)17(20)22-4)16(19)14-9-7-8-10-15(14)21-3/h7-10,13H,5-6,11-12H2,1-4H3. The molecule has 5 heteroatoms. The molecule has 1 amide bonds. The molecule has 0 aliphatic heterocycles. The number of para-hydroxylation sites is 1. The molecule has 0 bridgehead atoms. The van der Waals surface area contributed by atoms with Crippen molar-refractivity contribution in [2.45, 2.75) is 26.7 Å². The van der Waals surface area contributed by atoms with E-state index in [1.54, 1.807) is 37.1 Å². The molecule has 0 spiro atoms. The predicted octanol–water partition coefficient (Wildman–Crippen LogP) is 2.75. The van der Waals surface area contributed by atoms with Crippen LogP contribution in [0, 0.1) is 5.92 Å². The minimum atomic E-state index is -0.361. The first kappa shape index (κ1) is 18.0. The number of carbonyl (C=O) groups excluding carboxylic acids is 2. The molecule has 0 heterocycles. The third-order valence-electron chi connectivity index (χ3n) is 3.50. The zero-order valence-electron chi connectivity index (χ0n) is 13.8. The number of hydrogen-bond acceptors (Lipinski definition) is 4. The van der Waals surface area contributed by atoms with Crippen molar-refractivity contribution in [3.8, 4) is 5.75 Å². The molecule has 0 aromatic heterocycles. The molecule has 1 aromatic carbocycles. The second-order valence-electron chi connectivity index (χ2n) is 5.23. The van der Waals surface area contributed by atoms with Gasteiger partial charge in [0.15, 0.2) is 0 Å². The number of amides is 1. The van der Waals surface area contributed by atoms with E-state index in [0.717, 1.165) is 12.8 Å². The van der Waals surface area contributed by atoms with Crippen LogP contribution in [0.25, 0.3) is 0 Å². The summed E-state index contributed by atoms with van der Waals surface area (Å²) in [5, 5.41) is 0. The van der Waals surface area contributed by atoms with E-state index < -0.39 is 0 Å². The van der Waals surface area contributed by atoms with Crippen LogP contribution in [-0.2, 0) is 9.53 Å². The van der Waals surface area contributed by atoms with Gasteiger partial charge in [0.2, 0.25) is 0 Å². The Labute approximate surface area is 132 Å². The maximum Gasteiger partial charge on any atom is 0.310 e. The molecule has 0 fully saturated rings. The van der Waals surface area contributed by atoms with E-state index in [2.05, 4.69) is 6.92 Å². The van der Waals surface area contributed by atoms with Crippen molar-refractivity contribution in [2.24, 2.45) is 5.92 Å². The van der Waals surface area contributed by atoms with E-state index in [-0.39, 0.29) is 17.8 Å². The van der Waals surface area contributed by atoms with Gasteiger partial charge in [-0.1, -0.05) is 32.4 Å². The van der Waals surface area contributed by atoms with E-state index in [1.165, 1.54) is 7.11 Å². The Morgan fingerprint density at radius 2 is 1.91 bits per heavy atom. The molecule has 122 valence electrons. The van der Waals surface area contributed by atoms with Gasteiger partial charge in [0.05, 0.1) is 25.7 Å². The molecule has 5 nitrogen and oxygen atoms in total. The molecule has 0 saturated carbocycles. The smallest absolute Gasteiger partial charge is 0.310 e. The van der Waals surface area contributed by atoms with Crippen LogP contribution >= 0.6 is 0 Å². The third kappa shape index (κ3) is 4.76. The fourth-order valence-electron chi connectivity index (χ4n) is 2.22. The number of esters is 1. The Morgan fingerprint density at radius 1 is 1.23 bits per heavy atom. The van der Waals surface area contributed by atoms with Gasteiger partial charge < -0.3 is 14.4 Å². The molecule has 0 radical (unpaired) electrons. The molecule has 0 aliphatic rings. The van der Waals surface area contributed by atoms with Crippen LogP contribution in [0.15, 0.2) is 24.3 Å². The second kappa shape index (κ2) is 9.07. The number of hydrogen-bond donors (Lipinski definition) is 0. The van der Waals surface area contributed by atoms with Crippen LogP contribution < -0.4 is 4.74 Å². The summed E-state index contributed by atoms with van der Waals surface area (Å²) in [6.07, 6.45) is 1.86. The summed E-state index contributed by atoms with van der Waals surface area (Å²) in [4.78, 5) is 26.1. The molecule has 1 rings (SSSR count). The zero-order valence-corrected chi connectivity index (χ0v) is 13.8. The highest BCUT2D eigenvalue weighted by Crippen LogP contribution is 2.20. The summed E-state index contributed by atoms with van der Waals surface area (Å²) in [5.74, 6) is -0.254. The Morgan fingerprint density at radius 3 is 2.50 bits per heavy atom. The fraction of sp³-hybridized carbons (Fsp3) is 0.529. The van der Waals surface area contributed by atoms with Crippen LogP contribution in [-0.4, -0.2) is 44.1 Å². The number of methoxy groups -OCH3 is 2. The van der Waals surface area contributed by atoms with Crippen LogP contribution in [0.4, 0.5) is 0 Å². The van der Waals surface area contributed by atoms with Crippen molar-refractivity contribution in [1.29, 1.82) is 0 Å². The zero-order chi connectivity index (χ0) is 16.5. The average molecular weight is 307 g/mol. The third-order valence-corrected chi connectivity index (χ3v) is 3.50. The van der Waals surface area contributed by atoms with Gasteiger partial charge in [-0.05, 0) is 18.6 Å². The first-order valence-electron chi connectivity index (χ1n) is 7.55. The van der Waals surface area contributed by atoms with E-state index >= 15 is 0 Å². The summed E-state index contributed by atoms with van der Waals surface area (Å²) in [5.41, 5.74) is 0.512.